The van der Waals surface area contributed by atoms with Crippen molar-refractivity contribution in [2.24, 2.45) is 0 Å². The molecule has 1 aliphatic rings. The molecule has 0 saturated heterocycles. The fourth-order valence-electron chi connectivity index (χ4n) is 1.78. The van der Waals surface area contributed by atoms with Crippen LogP contribution in [0, 0.1) is 6.67 Å². The summed E-state index contributed by atoms with van der Waals surface area (Å²) in [5.41, 5.74) is 2.03. The van der Waals surface area contributed by atoms with Crippen LogP contribution in [0.2, 0.25) is 0 Å². The molecule has 3 nitrogen and oxygen atoms in total. The number of rotatable bonds is 4. The summed E-state index contributed by atoms with van der Waals surface area (Å²) in [5, 5.41) is 0. The molecule has 0 unspecified atom stereocenters. The minimum absolute atomic E-state index is 0.142. The summed E-state index contributed by atoms with van der Waals surface area (Å²) in [6, 6.07) is 7.85. The van der Waals surface area contributed by atoms with E-state index in [9.17, 15) is 4.79 Å². The van der Waals surface area contributed by atoms with Crippen molar-refractivity contribution in [3.05, 3.63) is 54.5 Å². The van der Waals surface area contributed by atoms with Gasteiger partial charge in [-0.05, 0) is 12.0 Å². The summed E-state index contributed by atoms with van der Waals surface area (Å²) in [6.45, 7) is 4.40. The second-order valence-corrected chi connectivity index (χ2v) is 4.23. The van der Waals surface area contributed by atoms with Gasteiger partial charge < -0.3 is 9.80 Å². The third-order valence-corrected chi connectivity index (χ3v) is 2.83. The van der Waals surface area contributed by atoms with Crippen molar-refractivity contribution in [3.8, 4) is 0 Å². The lowest BCUT2D eigenvalue weighted by molar-refractivity contribution is 0.0962. The van der Waals surface area contributed by atoms with Gasteiger partial charge >= 0.3 is 0 Å². The minimum Gasteiger partial charge on any atom is -0.356 e. The van der Waals surface area contributed by atoms with Gasteiger partial charge in [-0.3, -0.25) is 4.79 Å². The average molecular weight is 229 g/mol. The van der Waals surface area contributed by atoms with E-state index in [4.69, 9.17) is 0 Å². The number of benzene rings is 1. The first-order chi connectivity index (χ1) is 8.19. The van der Waals surface area contributed by atoms with E-state index >= 15 is 0 Å². The van der Waals surface area contributed by atoms with Crippen LogP contribution in [-0.4, -0.2) is 29.2 Å². The van der Waals surface area contributed by atoms with Crippen LogP contribution >= 0.6 is 0 Å². The van der Waals surface area contributed by atoms with Gasteiger partial charge in [0.25, 0.3) is 0 Å². The van der Waals surface area contributed by atoms with Gasteiger partial charge in [0.1, 0.15) is 6.67 Å². The highest BCUT2D eigenvalue weighted by molar-refractivity contribution is 5.97. The zero-order valence-electron chi connectivity index (χ0n) is 10.3. The van der Waals surface area contributed by atoms with Gasteiger partial charge in [-0.15, -0.1) is 0 Å². The van der Waals surface area contributed by atoms with Gasteiger partial charge in [-0.1, -0.05) is 31.2 Å². The van der Waals surface area contributed by atoms with Crippen LogP contribution in [0.5, 0.6) is 0 Å². The molecule has 0 N–H and O–H groups in total. The Labute approximate surface area is 102 Å². The Morgan fingerprint density at radius 2 is 1.88 bits per heavy atom. The topological polar surface area (TPSA) is 23.6 Å². The number of carbonyl (C=O) groups excluding carboxylic acids is 1. The minimum atomic E-state index is 0.142. The lowest BCUT2D eigenvalue weighted by Gasteiger charge is -2.16. The second kappa shape index (κ2) is 5.04. The zero-order chi connectivity index (χ0) is 12.3. The molecule has 1 aromatic carbocycles. The Morgan fingerprint density at radius 3 is 2.41 bits per heavy atom. The quantitative estimate of drug-likeness (QED) is 0.740. The second-order valence-electron chi connectivity index (χ2n) is 4.23. The van der Waals surface area contributed by atoms with Gasteiger partial charge in [0.15, 0.2) is 5.78 Å². The van der Waals surface area contributed by atoms with E-state index < -0.39 is 0 Å². The van der Waals surface area contributed by atoms with Crippen LogP contribution in [0.25, 0.3) is 0 Å². The van der Waals surface area contributed by atoms with E-state index in [0.29, 0.717) is 6.54 Å². The summed E-state index contributed by atoms with van der Waals surface area (Å²) in [7, 11) is 1.94. The maximum atomic E-state index is 12.0. The first kappa shape index (κ1) is 11.7. The predicted molar refractivity (Wildman–Crippen MR) is 68.1 cm³/mol. The van der Waals surface area contributed by atoms with E-state index in [2.05, 4.69) is 6.92 Å². The molecule has 0 fully saturated rings. The van der Waals surface area contributed by atoms with Gasteiger partial charge in [0.2, 0.25) is 0 Å². The molecule has 1 aliphatic heterocycles. The van der Waals surface area contributed by atoms with Crippen molar-refractivity contribution in [3.63, 3.8) is 0 Å². The summed E-state index contributed by atoms with van der Waals surface area (Å²) < 4.78 is 0. The highest BCUT2D eigenvalue weighted by Crippen LogP contribution is 2.11. The van der Waals surface area contributed by atoms with Crippen molar-refractivity contribution in [1.82, 2.24) is 9.80 Å². The average Bonchev–Trinajstić information content (AvgIpc) is 2.75. The Balaban J connectivity index is 1.97. The molecule has 0 amide bonds. The zero-order valence-corrected chi connectivity index (χ0v) is 10.3. The molecule has 0 aromatic heterocycles. The van der Waals surface area contributed by atoms with Crippen LogP contribution in [0.1, 0.15) is 22.8 Å². The molecule has 1 heterocycles. The molecule has 0 aliphatic carbocycles. The van der Waals surface area contributed by atoms with E-state index in [1.165, 1.54) is 5.56 Å². The maximum Gasteiger partial charge on any atom is 0.182 e. The number of aryl methyl sites for hydroxylation is 1. The molecule has 1 radical (unpaired) electrons. The van der Waals surface area contributed by atoms with Crippen LogP contribution < -0.4 is 0 Å². The monoisotopic (exact) mass is 229 g/mol. The molecule has 89 valence electrons. The molecule has 2 rings (SSSR count). The molecule has 3 heteroatoms. The molecule has 17 heavy (non-hydrogen) atoms. The highest BCUT2D eigenvalue weighted by atomic mass is 16.1. The van der Waals surface area contributed by atoms with Crippen LogP contribution in [0.3, 0.4) is 0 Å². The summed E-state index contributed by atoms with van der Waals surface area (Å²) in [6.07, 6.45) is 4.83. The summed E-state index contributed by atoms with van der Waals surface area (Å²) in [4.78, 5) is 15.8. The normalized spacial score (nSPS) is 14.5. The fourth-order valence-corrected chi connectivity index (χ4v) is 1.78. The van der Waals surface area contributed by atoms with E-state index in [0.717, 1.165) is 12.0 Å². The van der Waals surface area contributed by atoms with Crippen LogP contribution in [-0.2, 0) is 6.42 Å². The number of carbonyl (C=O) groups is 1. The lowest BCUT2D eigenvalue weighted by Crippen LogP contribution is -2.23. The molecule has 1 aromatic rings. The Bertz CT molecular complexity index is 422. The third-order valence-electron chi connectivity index (χ3n) is 2.83. The molecular weight excluding hydrogens is 212 g/mol. The Morgan fingerprint density at radius 1 is 1.18 bits per heavy atom. The number of nitrogens with zero attached hydrogens (tertiary/aromatic N) is 2. The van der Waals surface area contributed by atoms with Gasteiger partial charge in [0.05, 0.1) is 6.54 Å². The van der Waals surface area contributed by atoms with Gasteiger partial charge in [0, 0.05) is 25.0 Å². The van der Waals surface area contributed by atoms with E-state index in [1.807, 2.05) is 60.2 Å². The van der Waals surface area contributed by atoms with Crippen molar-refractivity contribution in [1.29, 1.82) is 0 Å². The first-order valence-corrected chi connectivity index (χ1v) is 5.82. The summed E-state index contributed by atoms with van der Waals surface area (Å²) in [5.74, 6) is 0.142. The molecule has 0 saturated carbocycles. The highest BCUT2D eigenvalue weighted by Gasteiger charge is 2.14. The largest absolute Gasteiger partial charge is 0.356 e. The molecular formula is C14H17N2O. The molecule has 0 bridgehead atoms. The third kappa shape index (κ3) is 2.87. The predicted octanol–water partition coefficient (Wildman–Crippen LogP) is 2.27. The van der Waals surface area contributed by atoms with Crippen LogP contribution in [0.15, 0.2) is 36.7 Å². The van der Waals surface area contributed by atoms with E-state index in [-0.39, 0.29) is 5.78 Å². The maximum absolute atomic E-state index is 12.0. The lowest BCUT2D eigenvalue weighted by atomic mass is 10.1. The van der Waals surface area contributed by atoms with Gasteiger partial charge in [-0.2, -0.15) is 0 Å². The first-order valence-electron chi connectivity index (χ1n) is 5.82. The Kier molecular flexibility index (Phi) is 3.47. The standard InChI is InChI=1S/C14H17N2O/c1-3-12-4-6-13(7-5-12)14(17)10-16-9-8-15(2)11-16/h4-9,11H,3,10H2,1-2H3. The number of Topliss-reactive ketones (excluding diaryl/α,β-unsaturated/α-hetero) is 1. The fraction of sp³-hybridized carbons (Fsp3) is 0.286. The summed E-state index contributed by atoms with van der Waals surface area (Å²) >= 11 is 0. The Hall–Kier alpha value is -1.77. The van der Waals surface area contributed by atoms with Crippen molar-refractivity contribution in [2.75, 3.05) is 13.6 Å². The SMILES string of the molecule is CCc1ccc(C(=O)CN2[CH]N(C)C=C2)cc1. The van der Waals surface area contributed by atoms with Crippen LogP contribution in [0.4, 0.5) is 0 Å². The number of ketones is 1. The van der Waals surface area contributed by atoms with Crippen molar-refractivity contribution < 1.29 is 4.79 Å². The van der Waals surface area contributed by atoms with Gasteiger partial charge in [-0.25, -0.2) is 0 Å². The van der Waals surface area contributed by atoms with Crippen molar-refractivity contribution in [2.45, 2.75) is 13.3 Å². The molecule has 0 atom stereocenters. The number of hydrogen-bond donors (Lipinski definition) is 0. The van der Waals surface area contributed by atoms with Crippen molar-refractivity contribution >= 4 is 5.78 Å². The van der Waals surface area contributed by atoms with E-state index in [1.54, 1.807) is 0 Å². The number of hydrogen-bond acceptors (Lipinski definition) is 3. The molecule has 0 spiro atoms. The smallest absolute Gasteiger partial charge is 0.182 e.